The van der Waals surface area contributed by atoms with Crippen LogP contribution in [0.1, 0.15) is 36.5 Å². The standard InChI is InChI=1S/C22H25N3O5S3/c1-3-12-25-19-11-10-18(32(2,27)28)15-20(19)31-22(25)23-21(26)16-6-8-17(9-7-16)33(29,30)24-13-4-5-14-24/h6-11,15H,3-5,12-14H2,1-2H3. The molecular weight excluding hydrogens is 482 g/mol. The summed E-state index contributed by atoms with van der Waals surface area (Å²) in [5.41, 5.74) is 1.10. The van der Waals surface area contributed by atoms with Crippen LogP contribution in [0, 0.1) is 0 Å². The fourth-order valence-electron chi connectivity index (χ4n) is 3.81. The van der Waals surface area contributed by atoms with Gasteiger partial charge in [-0.15, -0.1) is 0 Å². The highest BCUT2D eigenvalue weighted by molar-refractivity contribution is 7.90. The van der Waals surface area contributed by atoms with Crippen molar-refractivity contribution in [2.24, 2.45) is 4.99 Å². The van der Waals surface area contributed by atoms with Crippen LogP contribution in [0.25, 0.3) is 10.2 Å². The molecule has 2 aromatic carbocycles. The highest BCUT2D eigenvalue weighted by Crippen LogP contribution is 2.23. The summed E-state index contributed by atoms with van der Waals surface area (Å²) in [6.07, 6.45) is 3.68. The second-order valence-electron chi connectivity index (χ2n) is 7.99. The summed E-state index contributed by atoms with van der Waals surface area (Å²) < 4.78 is 53.3. The minimum absolute atomic E-state index is 0.164. The Balaban J connectivity index is 1.70. The Kier molecular flexibility index (Phi) is 6.59. The molecule has 1 aliphatic rings. The van der Waals surface area contributed by atoms with Gasteiger partial charge in [-0.2, -0.15) is 9.30 Å². The normalized spacial score (nSPS) is 16.0. The highest BCUT2D eigenvalue weighted by atomic mass is 32.2. The Labute approximate surface area is 197 Å². The predicted octanol–water partition coefficient (Wildman–Crippen LogP) is 3.04. The number of aryl methyl sites for hydroxylation is 1. The molecule has 2 heterocycles. The fourth-order valence-corrected chi connectivity index (χ4v) is 7.14. The van der Waals surface area contributed by atoms with E-state index in [-0.39, 0.29) is 15.4 Å². The van der Waals surface area contributed by atoms with E-state index in [4.69, 9.17) is 0 Å². The van der Waals surface area contributed by atoms with E-state index in [2.05, 4.69) is 4.99 Å². The lowest BCUT2D eigenvalue weighted by Crippen LogP contribution is -2.27. The van der Waals surface area contributed by atoms with Gasteiger partial charge >= 0.3 is 0 Å². The van der Waals surface area contributed by atoms with Crippen LogP contribution in [0.4, 0.5) is 0 Å². The lowest BCUT2D eigenvalue weighted by molar-refractivity contribution is 0.0997. The van der Waals surface area contributed by atoms with Gasteiger partial charge in [0.05, 0.1) is 20.0 Å². The number of amides is 1. The van der Waals surface area contributed by atoms with E-state index >= 15 is 0 Å². The van der Waals surface area contributed by atoms with Crippen LogP contribution in [0.2, 0.25) is 0 Å². The molecular formula is C22H25N3O5S3. The average molecular weight is 508 g/mol. The van der Waals surface area contributed by atoms with E-state index in [1.54, 1.807) is 18.2 Å². The zero-order valence-electron chi connectivity index (χ0n) is 18.4. The van der Waals surface area contributed by atoms with Gasteiger partial charge in [-0.1, -0.05) is 18.3 Å². The summed E-state index contributed by atoms with van der Waals surface area (Å²) in [7, 11) is -6.90. The molecule has 4 rings (SSSR count). The summed E-state index contributed by atoms with van der Waals surface area (Å²) >= 11 is 1.25. The van der Waals surface area contributed by atoms with Gasteiger partial charge in [0.2, 0.25) is 10.0 Å². The molecule has 0 N–H and O–H groups in total. The first kappa shape index (κ1) is 23.8. The molecule has 33 heavy (non-hydrogen) atoms. The van der Waals surface area contributed by atoms with Crippen molar-refractivity contribution >= 4 is 47.3 Å². The number of carbonyl (C=O) groups excluding carboxylic acids is 1. The molecule has 176 valence electrons. The maximum absolute atomic E-state index is 12.9. The van der Waals surface area contributed by atoms with E-state index in [1.807, 2.05) is 11.5 Å². The first-order valence-electron chi connectivity index (χ1n) is 10.6. The number of benzene rings is 2. The van der Waals surface area contributed by atoms with Crippen LogP contribution in [0.15, 0.2) is 57.2 Å². The number of sulfone groups is 1. The van der Waals surface area contributed by atoms with Crippen molar-refractivity contribution in [1.29, 1.82) is 0 Å². The van der Waals surface area contributed by atoms with Crippen molar-refractivity contribution in [2.45, 2.75) is 42.5 Å². The molecule has 1 amide bonds. The maximum atomic E-state index is 12.9. The van der Waals surface area contributed by atoms with Crippen LogP contribution in [0.5, 0.6) is 0 Å². The minimum atomic E-state index is -3.55. The van der Waals surface area contributed by atoms with Gasteiger partial charge in [0, 0.05) is 31.5 Å². The van der Waals surface area contributed by atoms with Crippen LogP contribution in [0.3, 0.4) is 0 Å². The molecule has 0 saturated carbocycles. The third-order valence-corrected chi connectivity index (χ3v) is 9.60. The molecule has 0 unspecified atom stereocenters. The summed E-state index contributed by atoms with van der Waals surface area (Å²) in [6.45, 7) is 3.66. The second kappa shape index (κ2) is 9.13. The first-order chi connectivity index (χ1) is 15.6. The molecule has 1 aliphatic heterocycles. The molecule has 0 atom stereocenters. The SMILES string of the molecule is CCCn1c(=NC(=O)c2ccc(S(=O)(=O)N3CCCC3)cc2)sc2cc(S(C)(=O)=O)ccc21. The Hall–Kier alpha value is -2.34. The molecule has 0 radical (unpaired) electrons. The Morgan fingerprint density at radius 1 is 1.00 bits per heavy atom. The number of sulfonamides is 1. The number of fused-ring (bicyclic) bond motifs is 1. The number of carbonyl (C=O) groups is 1. The van der Waals surface area contributed by atoms with Gasteiger partial charge in [-0.3, -0.25) is 4.79 Å². The van der Waals surface area contributed by atoms with Gasteiger partial charge in [0.25, 0.3) is 5.91 Å². The van der Waals surface area contributed by atoms with E-state index < -0.39 is 25.8 Å². The smallest absolute Gasteiger partial charge is 0.279 e. The lowest BCUT2D eigenvalue weighted by atomic mass is 10.2. The molecule has 1 aromatic heterocycles. The van der Waals surface area contributed by atoms with Crippen molar-refractivity contribution in [3.63, 3.8) is 0 Å². The first-order valence-corrected chi connectivity index (χ1v) is 14.8. The van der Waals surface area contributed by atoms with Gasteiger partial charge < -0.3 is 4.57 Å². The third-order valence-electron chi connectivity index (χ3n) is 5.53. The highest BCUT2D eigenvalue weighted by Gasteiger charge is 2.27. The number of nitrogens with zero attached hydrogens (tertiary/aromatic N) is 3. The molecule has 3 aromatic rings. The third kappa shape index (κ3) is 4.81. The molecule has 0 aliphatic carbocycles. The number of hydrogen-bond donors (Lipinski definition) is 0. The summed E-state index contributed by atoms with van der Waals surface area (Å²) in [5, 5.41) is 0. The summed E-state index contributed by atoms with van der Waals surface area (Å²) in [4.78, 5) is 18.0. The van der Waals surface area contributed by atoms with Gasteiger partial charge in [-0.05, 0) is 61.7 Å². The van der Waals surface area contributed by atoms with Crippen LogP contribution in [-0.4, -0.2) is 51.0 Å². The number of thiazole rings is 1. The monoisotopic (exact) mass is 507 g/mol. The molecule has 1 fully saturated rings. The van der Waals surface area contributed by atoms with Crippen molar-refractivity contribution in [3.8, 4) is 0 Å². The van der Waals surface area contributed by atoms with Crippen molar-refractivity contribution < 1.29 is 21.6 Å². The largest absolute Gasteiger partial charge is 0.316 e. The minimum Gasteiger partial charge on any atom is -0.316 e. The Morgan fingerprint density at radius 3 is 2.24 bits per heavy atom. The fraction of sp³-hybridized carbons (Fsp3) is 0.364. The van der Waals surface area contributed by atoms with E-state index in [0.717, 1.165) is 35.7 Å². The topological polar surface area (TPSA) is 106 Å². The van der Waals surface area contributed by atoms with Gasteiger partial charge in [-0.25, -0.2) is 16.8 Å². The van der Waals surface area contributed by atoms with E-state index in [0.29, 0.717) is 24.4 Å². The number of rotatable bonds is 6. The van der Waals surface area contributed by atoms with Crippen LogP contribution >= 0.6 is 11.3 Å². The quantitative estimate of drug-likeness (QED) is 0.510. The van der Waals surface area contributed by atoms with Crippen molar-refractivity contribution in [1.82, 2.24) is 8.87 Å². The van der Waals surface area contributed by atoms with E-state index in [1.165, 1.54) is 39.9 Å². The molecule has 11 heteroatoms. The van der Waals surface area contributed by atoms with Crippen molar-refractivity contribution in [3.05, 3.63) is 52.8 Å². The van der Waals surface area contributed by atoms with Gasteiger partial charge in [0.1, 0.15) is 0 Å². The van der Waals surface area contributed by atoms with Crippen molar-refractivity contribution in [2.75, 3.05) is 19.3 Å². The summed E-state index contributed by atoms with van der Waals surface area (Å²) in [6, 6.07) is 10.7. The van der Waals surface area contributed by atoms with Crippen LogP contribution < -0.4 is 4.80 Å². The van der Waals surface area contributed by atoms with Crippen LogP contribution in [-0.2, 0) is 26.4 Å². The zero-order valence-corrected chi connectivity index (χ0v) is 20.8. The second-order valence-corrected chi connectivity index (χ2v) is 13.0. The molecule has 8 nitrogen and oxygen atoms in total. The molecule has 1 saturated heterocycles. The lowest BCUT2D eigenvalue weighted by Gasteiger charge is -2.15. The van der Waals surface area contributed by atoms with Gasteiger partial charge in [0.15, 0.2) is 14.6 Å². The predicted molar refractivity (Wildman–Crippen MR) is 128 cm³/mol. The summed E-state index contributed by atoms with van der Waals surface area (Å²) in [5.74, 6) is -0.486. The number of hydrogen-bond acceptors (Lipinski definition) is 6. The zero-order chi connectivity index (χ0) is 23.8. The maximum Gasteiger partial charge on any atom is 0.279 e. The molecule has 0 bridgehead atoms. The van der Waals surface area contributed by atoms with E-state index in [9.17, 15) is 21.6 Å². The number of aromatic nitrogens is 1. The Bertz CT molecular complexity index is 1480. The average Bonchev–Trinajstić information content (AvgIpc) is 3.42. The molecule has 0 spiro atoms. The Morgan fingerprint density at radius 2 is 1.64 bits per heavy atom.